The second-order valence-electron chi connectivity index (χ2n) is 10.7. The maximum atomic E-state index is 11.8. The van der Waals surface area contributed by atoms with E-state index in [-0.39, 0.29) is 11.9 Å². The lowest BCUT2D eigenvalue weighted by molar-refractivity contribution is 0.0600. The Hall–Kier alpha value is -4.05. The van der Waals surface area contributed by atoms with Crippen LogP contribution in [0.3, 0.4) is 0 Å². The maximum Gasteiger partial charge on any atom is 0.337 e. The second kappa shape index (κ2) is 12.2. The summed E-state index contributed by atoms with van der Waals surface area (Å²) in [5.41, 5.74) is 13.0. The van der Waals surface area contributed by atoms with Crippen LogP contribution < -0.4 is 10.6 Å². The Morgan fingerprint density at radius 1 is 0.872 bits per heavy atom. The van der Waals surface area contributed by atoms with E-state index in [9.17, 15) is 4.79 Å². The third kappa shape index (κ3) is 6.51. The molecule has 4 heteroatoms. The Morgan fingerprint density at radius 2 is 1.54 bits per heavy atom. The summed E-state index contributed by atoms with van der Waals surface area (Å²) in [5, 5.41) is 6.96. The first-order valence-electron chi connectivity index (χ1n) is 13.6. The molecule has 2 N–H and O–H groups in total. The summed E-state index contributed by atoms with van der Waals surface area (Å²) in [5.74, 6) is -0.107. The number of ether oxygens (including phenoxy) is 1. The van der Waals surface area contributed by atoms with Crippen LogP contribution in [0.15, 0.2) is 101 Å². The number of hydrogen-bond acceptors (Lipinski definition) is 4. The highest BCUT2D eigenvalue weighted by Gasteiger charge is 2.22. The van der Waals surface area contributed by atoms with E-state index < -0.39 is 0 Å². The van der Waals surface area contributed by atoms with Crippen molar-refractivity contribution in [2.45, 2.75) is 60.0 Å². The van der Waals surface area contributed by atoms with Crippen LogP contribution in [0.2, 0.25) is 0 Å². The predicted octanol–water partition coefficient (Wildman–Crippen LogP) is 8.76. The highest BCUT2D eigenvalue weighted by molar-refractivity contribution is 5.89. The number of carbonyl (C=O) groups is 1. The highest BCUT2D eigenvalue weighted by Crippen LogP contribution is 2.41. The van der Waals surface area contributed by atoms with E-state index in [2.05, 4.69) is 107 Å². The minimum atomic E-state index is -0.320. The fourth-order valence-corrected chi connectivity index (χ4v) is 5.19. The number of methoxy groups -OCH3 is 1. The number of hydrogen-bond donors (Lipinski definition) is 2. The fraction of sp³-hybridized carbons (Fsp3) is 0.286. The van der Waals surface area contributed by atoms with Gasteiger partial charge < -0.3 is 15.4 Å². The summed E-state index contributed by atoms with van der Waals surface area (Å²) in [6.45, 7) is 13.9. The molecule has 0 saturated heterocycles. The van der Waals surface area contributed by atoms with Gasteiger partial charge in [-0.05, 0) is 111 Å². The van der Waals surface area contributed by atoms with Crippen molar-refractivity contribution in [3.05, 3.63) is 123 Å². The van der Waals surface area contributed by atoms with Gasteiger partial charge in [-0.2, -0.15) is 0 Å². The summed E-state index contributed by atoms with van der Waals surface area (Å²) < 4.78 is 4.84. The molecule has 0 aromatic heterocycles. The van der Waals surface area contributed by atoms with Crippen LogP contribution >= 0.6 is 0 Å². The summed E-state index contributed by atoms with van der Waals surface area (Å²) in [4.78, 5) is 11.8. The number of carbonyl (C=O) groups excluding carboxylic acids is 1. The van der Waals surface area contributed by atoms with Crippen molar-refractivity contribution in [1.82, 2.24) is 0 Å². The Kier molecular flexibility index (Phi) is 8.75. The molecule has 202 valence electrons. The van der Waals surface area contributed by atoms with Crippen molar-refractivity contribution in [3.8, 4) is 0 Å². The summed E-state index contributed by atoms with van der Waals surface area (Å²) in [6.07, 6.45) is 2.40. The Morgan fingerprint density at radius 3 is 2.18 bits per heavy atom. The van der Waals surface area contributed by atoms with Crippen LogP contribution in [-0.4, -0.2) is 19.1 Å². The highest BCUT2D eigenvalue weighted by atomic mass is 16.5. The van der Waals surface area contributed by atoms with Crippen molar-refractivity contribution in [1.29, 1.82) is 0 Å². The topological polar surface area (TPSA) is 50.4 Å². The zero-order valence-corrected chi connectivity index (χ0v) is 24.2. The van der Waals surface area contributed by atoms with E-state index in [0.717, 1.165) is 16.9 Å². The average molecular weight is 521 g/mol. The summed E-state index contributed by atoms with van der Waals surface area (Å²) >= 11 is 0. The molecule has 0 bridgehead atoms. The number of allylic oxidation sites excluding steroid dienone is 6. The Labute approximate surface area is 233 Å². The van der Waals surface area contributed by atoms with Crippen molar-refractivity contribution in [2.24, 2.45) is 0 Å². The molecule has 1 unspecified atom stereocenters. The van der Waals surface area contributed by atoms with Gasteiger partial charge in [0.05, 0.1) is 12.7 Å². The third-order valence-corrected chi connectivity index (χ3v) is 7.56. The molecule has 0 fully saturated rings. The number of esters is 1. The van der Waals surface area contributed by atoms with E-state index in [0.29, 0.717) is 18.2 Å². The molecule has 0 radical (unpaired) electrons. The standard InChI is InChI=1S/C35H40N2O2/c1-22(2)37-32-17-13-29(14-18-32)34-24(4)23(3)19-33(25(5)26(34)6)28-11-15-31(16-12-28)36-21-27-9-8-10-30(20-27)35(38)39-7/h8-20,22,33,36-37H,21H2,1-7H3. The molecule has 0 amide bonds. The number of benzene rings is 3. The summed E-state index contributed by atoms with van der Waals surface area (Å²) in [7, 11) is 1.40. The Balaban J connectivity index is 1.54. The van der Waals surface area contributed by atoms with Gasteiger partial charge in [0.25, 0.3) is 0 Å². The summed E-state index contributed by atoms with van der Waals surface area (Å²) in [6, 6.07) is 25.4. The zero-order chi connectivity index (χ0) is 28.1. The van der Waals surface area contributed by atoms with Gasteiger partial charge in [-0.25, -0.2) is 4.79 Å². The average Bonchev–Trinajstić information content (AvgIpc) is 3.02. The molecule has 0 aliphatic heterocycles. The minimum absolute atomic E-state index is 0.213. The zero-order valence-electron chi connectivity index (χ0n) is 24.2. The molecule has 0 saturated carbocycles. The molecule has 3 aromatic carbocycles. The largest absolute Gasteiger partial charge is 0.465 e. The lowest BCUT2D eigenvalue weighted by atomic mass is 9.86. The van der Waals surface area contributed by atoms with E-state index in [1.54, 1.807) is 6.07 Å². The first-order chi connectivity index (χ1) is 18.7. The normalized spacial score (nSPS) is 15.7. The number of nitrogens with one attached hydrogen (secondary N) is 2. The SMILES string of the molecule is COC(=O)c1cccc(CNc2ccc(C3C=C(C)C(C)=C(c4ccc(NC(C)C)cc4)C(C)=C3C)cc2)c1. The lowest BCUT2D eigenvalue weighted by Gasteiger charge is -2.19. The number of rotatable bonds is 8. The molecular formula is C35H40N2O2. The quantitative estimate of drug-likeness (QED) is 0.292. The smallest absolute Gasteiger partial charge is 0.337 e. The van der Waals surface area contributed by atoms with Crippen LogP contribution in [0.4, 0.5) is 11.4 Å². The van der Waals surface area contributed by atoms with Gasteiger partial charge in [-0.3, -0.25) is 0 Å². The molecule has 3 aromatic rings. The molecule has 1 atom stereocenters. The van der Waals surface area contributed by atoms with Gasteiger partial charge in [0.15, 0.2) is 0 Å². The monoisotopic (exact) mass is 520 g/mol. The van der Waals surface area contributed by atoms with Crippen molar-refractivity contribution in [3.63, 3.8) is 0 Å². The van der Waals surface area contributed by atoms with E-state index in [4.69, 9.17) is 4.74 Å². The maximum absolute atomic E-state index is 11.8. The minimum Gasteiger partial charge on any atom is -0.465 e. The van der Waals surface area contributed by atoms with Crippen LogP contribution in [0.1, 0.15) is 74.5 Å². The molecule has 0 spiro atoms. The van der Waals surface area contributed by atoms with Crippen LogP contribution in [-0.2, 0) is 11.3 Å². The molecule has 1 aliphatic carbocycles. The van der Waals surface area contributed by atoms with Gasteiger partial charge in [-0.15, -0.1) is 0 Å². The van der Waals surface area contributed by atoms with Crippen LogP contribution in [0, 0.1) is 0 Å². The van der Waals surface area contributed by atoms with Crippen LogP contribution in [0.25, 0.3) is 5.57 Å². The molecule has 4 nitrogen and oxygen atoms in total. The molecular weight excluding hydrogens is 480 g/mol. The van der Waals surface area contributed by atoms with Crippen LogP contribution in [0.5, 0.6) is 0 Å². The van der Waals surface area contributed by atoms with Gasteiger partial charge >= 0.3 is 5.97 Å². The first kappa shape index (κ1) is 28.0. The van der Waals surface area contributed by atoms with Crippen molar-refractivity contribution < 1.29 is 9.53 Å². The fourth-order valence-electron chi connectivity index (χ4n) is 5.19. The van der Waals surface area contributed by atoms with Crippen molar-refractivity contribution >= 4 is 22.9 Å². The molecule has 4 rings (SSSR count). The second-order valence-corrected chi connectivity index (χ2v) is 10.7. The molecule has 1 aliphatic rings. The van der Waals surface area contributed by atoms with E-state index in [1.807, 2.05) is 18.2 Å². The van der Waals surface area contributed by atoms with E-state index >= 15 is 0 Å². The predicted molar refractivity (Wildman–Crippen MR) is 164 cm³/mol. The van der Waals surface area contributed by atoms with Gasteiger partial charge in [-0.1, -0.05) is 53.6 Å². The van der Waals surface area contributed by atoms with E-state index in [1.165, 1.54) is 46.1 Å². The molecule has 0 heterocycles. The Bertz CT molecular complexity index is 1420. The number of anilines is 2. The first-order valence-corrected chi connectivity index (χ1v) is 13.6. The van der Waals surface area contributed by atoms with Gasteiger partial charge in [0.2, 0.25) is 0 Å². The third-order valence-electron chi connectivity index (χ3n) is 7.56. The lowest BCUT2D eigenvalue weighted by Crippen LogP contribution is -2.09. The van der Waals surface area contributed by atoms with Gasteiger partial charge in [0, 0.05) is 29.9 Å². The molecule has 39 heavy (non-hydrogen) atoms. The van der Waals surface area contributed by atoms with Gasteiger partial charge in [0.1, 0.15) is 0 Å². The van der Waals surface area contributed by atoms with Crippen molar-refractivity contribution in [2.75, 3.05) is 17.7 Å².